The van der Waals surface area contributed by atoms with Crippen LogP contribution in [0, 0.1) is 11.8 Å². The molecule has 3 heteroatoms. The highest BCUT2D eigenvalue weighted by Crippen LogP contribution is 2.31. The van der Waals surface area contributed by atoms with Gasteiger partial charge in [0.2, 0.25) is 0 Å². The number of ether oxygens (including phenoxy) is 2. The first-order valence-electron chi connectivity index (χ1n) is 10.2. The van der Waals surface area contributed by atoms with Gasteiger partial charge in [-0.1, -0.05) is 34.6 Å². The molecule has 0 fully saturated rings. The molecular formula is C24H35NO2. The Morgan fingerprint density at radius 3 is 1.33 bits per heavy atom. The van der Waals surface area contributed by atoms with Crippen molar-refractivity contribution in [2.45, 2.75) is 54.0 Å². The van der Waals surface area contributed by atoms with Gasteiger partial charge in [-0.05, 0) is 73.7 Å². The fourth-order valence-electron chi connectivity index (χ4n) is 2.77. The molecule has 3 nitrogen and oxygen atoms in total. The minimum atomic E-state index is 0.398. The summed E-state index contributed by atoms with van der Waals surface area (Å²) in [6, 6.07) is 17.2. The second-order valence-electron chi connectivity index (χ2n) is 8.02. The summed E-state index contributed by atoms with van der Waals surface area (Å²) in [7, 11) is 0. The Hall–Kier alpha value is -2.16. The Bertz CT molecular complexity index is 606. The molecule has 0 radical (unpaired) electrons. The van der Waals surface area contributed by atoms with Crippen LogP contribution in [0.2, 0.25) is 0 Å². The zero-order valence-electron chi connectivity index (χ0n) is 17.7. The summed E-state index contributed by atoms with van der Waals surface area (Å²) >= 11 is 0. The normalized spacial score (nSPS) is 12.3. The molecule has 0 N–H and O–H groups in total. The van der Waals surface area contributed by atoms with Crippen LogP contribution in [-0.2, 0) is 0 Å². The van der Waals surface area contributed by atoms with Gasteiger partial charge in [0.25, 0.3) is 0 Å². The molecule has 2 aromatic carbocycles. The second-order valence-corrected chi connectivity index (χ2v) is 8.02. The van der Waals surface area contributed by atoms with Gasteiger partial charge < -0.3 is 14.4 Å². The Morgan fingerprint density at radius 2 is 1.04 bits per heavy atom. The van der Waals surface area contributed by atoms with Gasteiger partial charge in [0.05, 0.1) is 13.2 Å². The Labute approximate surface area is 165 Å². The third-order valence-electron chi connectivity index (χ3n) is 4.43. The molecule has 0 aliphatic heterocycles. The second kappa shape index (κ2) is 10.2. The SMILES string of the molecule is CCC(C)N(c1ccc(OCC(C)C)cc1)c1ccc(OCC(C)C)cc1. The van der Waals surface area contributed by atoms with Crippen molar-refractivity contribution in [3.05, 3.63) is 48.5 Å². The lowest BCUT2D eigenvalue weighted by molar-refractivity contribution is 0.271. The van der Waals surface area contributed by atoms with Gasteiger partial charge in [0.1, 0.15) is 11.5 Å². The quantitative estimate of drug-likeness (QED) is 0.465. The van der Waals surface area contributed by atoms with Gasteiger partial charge in [-0.3, -0.25) is 0 Å². The maximum absolute atomic E-state index is 5.82. The van der Waals surface area contributed by atoms with E-state index in [1.807, 2.05) is 0 Å². The zero-order chi connectivity index (χ0) is 19.8. The van der Waals surface area contributed by atoms with Crippen molar-refractivity contribution >= 4 is 11.4 Å². The Kier molecular flexibility index (Phi) is 8.02. The number of rotatable bonds is 10. The van der Waals surface area contributed by atoms with E-state index < -0.39 is 0 Å². The van der Waals surface area contributed by atoms with Crippen LogP contribution in [0.15, 0.2) is 48.5 Å². The minimum Gasteiger partial charge on any atom is -0.493 e. The predicted octanol–water partition coefficient (Wildman–Crippen LogP) is 6.69. The molecule has 148 valence electrons. The lowest BCUT2D eigenvalue weighted by atomic mass is 10.1. The van der Waals surface area contributed by atoms with Crippen LogP contribution in [0.3, 0.4) is 0 Å². The van der Waals surface area contributed by atoms with Crippen LogP contribution in [0.4, 0.5) is 11.4 Å². The van der Waals surface area contributed by atoms with Crippen LogP contribution in [0.1, 0.15) is 48.0 Å². The Morgan fingerprint density at radius 1 is 0.667 bits per heavy atom. The van der Waals surface area contributed by atoms with E-state index in [1.165, 1.54) is 11.4 Å². The van der Waals surface area contributed by atoms with E-state index in [0.29, 0.717) is 17.9 Å². The van der Waals surface area contributed by atoms with Crippen LogP contribution in [-0.4, -0.2) is 19.3 Å². The zero-order valence-corrected chi connectivity index (χ0v) is 17.7. The molecule has 27 heavy (non-hydrogen) atoms. The van der Waals surface area contributed by atoms with E-state index in [4.69, 9.17) is 9.47 Å². The van der Waals surface area contributed by atoms with Crippen molar-refractivity contribution in [3.63, 3.8) is 0 Å². The molecule has 0 amide bonds. The smallest absolute Gasteiger partial charge is 0.119 e. The maximum atomic E-state index is 5.82. The van der Waals surface area contributed by atoms with Crippen molar-refractivity contribution in [1.29, 1.82) is 0 Å². The number of nitrogens with zero attached hydrogens (tertiary/aromatic N) is 1. The summed E-state index contributed by atoms with van der Waals surface area (Å²) in [6.45, 7) is 14.6. The summed E-state index contributed by atoms with van der Waals surface area (Å²) < 4.78 is 11.6. The third kappa shape index (κ3) is 6.50. The van der Waals surface area contributed by atoms with E-state index in [-0.39, 0.29) is 0 Å². The van der Waals surface area contributed by atoms with Gasteiger partial charge >= 0.3 is 0 Å². The lowest BCUT2D eigenvalue weighted by Crippen LogP contribution is -2.27. The molecule has 0 aliphatic carbocycles. The average molecular weight is 370 g/mol. The minimum absolute atomic E-state index is 0.398. The Balaban J connectivity index is 2.17. The van der Waals surface area contributed by atoms with Gasteiger partial charge in [-0.25, -0.2) is 0 Å². The first-order valence-corrected chi connectivity index (χ1v) is 10.2. The predicted molar refractivity (Wildman–Crippen MR) is 115 cm³/mol. The van der Waals surface area contributed by atoms with E-state index in [9.17, 15) is 0 Å². The largest absolute Gasteiger partial charge is 0.493 e. The van der Waals surface area contributed by atoms with Crippen molar-refractivity contribution in [1.82, 2.24) is 0 Å². The molecule has 0 bridgehead atoms. The molecule has 1 atom stereocenters. The summed E-state index contributed by atoms with van der Waals surface area (Å²) in [5.41, 5.74) is 2.36. The molecule has 0 aliphatic rings. The summed E-state index contributed by atoms with van der Waals surface area (Å²) in [6.07, 6.45) is 1.07. The van der Waals surface area contributed by atoms with Crippen LogP contribution < -0.4 is 14.4 Å². The monoisotopic (exact) mass is 369 g/mol. The number of anilines is 2. The standard InChI is InChI=1S/C24H35NO2/c1-7-20(6)25(21-8-12-23(13-9-21)26-16-18(2)3)22-10-14-24(15-11-22)27-17-19(4)5/h8-15,18-20H,7,16-17H2,1-6H3. The van der Waals surface area contributed by atoms with Crippen molar-refractivity contribution in [3.8, 4) is 11.5 Å². The van der Waals surface area contributed by atoms with E-state index >= 15 is 0 Å². The molecule has 0 saturated carbocycles. The van der Waals surface area contributed by atoms with Gasteiger partial charge in [0.15, 0.2) is 0 Å². The molecular weight excluding hydrogens is 334 g/mol. The van der Waals surface area contributed by atoms with E-state index in [1.54, 1.807) is 0 Å². The van der Waals surface area contributed by atoms with E-state index in [2.05, 4.69) is 95.0 Å². The first kappa shape index (κ1) is 21.1. The van der Waals surface area contributed by atoms with Gasteiger partial charge in [-0.15, -0.1) is 0 Å². The molecule has 2 aromatic rings. The fraction of sp³-hybridized carbons (Fsp3) is 0.500. The number of hydrogen-bond acceptors (Lipinski definition) is 3. The van der Waals surface area contributed by atoms with Crippen molar-refractivity contribution < 1.29 is 9.47 Å². The topological polar surface area (TPSA) is 21.7 Å². The lowest BCUT2D eigenvalue weighted by Gasteiger charge is -2.31. The molecule has 0 saturated heterocycles. The summed E-state index contributed by atoms with van der Waals surface area (Å²) in [5.74, 6) is 2.90. The van der Waals surface area contributed by atoms with Crippen LogP contribution in [0.25, 0.3) is 0 Å². The summed E-state index contributed by atoms with van der Waals surface area (Å²) in [4.78, 5) is 2.37. The first-order chi connectivity index (χ1) is 12.9. The summed E-state index contributed by atoms with van der Waals surface area (Å²) in [5, 5.41) is 0. The molecule has 0 spiro atoms. The molecule has 2 rings (SSSR count). The van der Waals surface area contributed by atoms with E-state index in [0.717, 1.165) is 31.1 Å². The van der Waals surface area contributed by atoms with Crippen LogP contribution in [0.5, 0.6) is 11.5 Å². The van der Waals surface area contributed by atoms with Crippen molar-refractivity contribution in [2.24, 2.45) is 11.8 Å². The fourth-order valence-corrected chi connectivity index (χ4v) is 2.77. The van der Waals surface area contributed by atoms with Gasteiger partial charge in [0, 0.05) is 17.4 Å². The average Bonchev–Trinajstić information content (AvgIpc) is 2.66. The molecule has 0 heterocycles. The highest BCUT2D eigenvalue weighted by atomic mass is 16.5. The molecule has 0 aromatic heterocycles. The highest BCUT2D eigenvalue weighted by molar-refractivity contribution is 5.65. The maximum Gasteiger partial charge on any atom is 0.119 e. The highest BCUT2D eigenvalue weighted by Gasteiger charge is 2.16. The molecule has 1 unspecified atom stereocenters. The van der Waals surface area contributed by atoms with Gasteiger partial charge in [-0.2, -0.15) is 0 Å². The van der Waals surface area contributed by atoms with Crippen molar-refractivity contribution in [2.75, 3.05) is 18.1 Å². The number of hydrogen-bond donors (Lipinski definition) is 0. The third-order valence-corrected chi connectivity index (χ3v) is 4.43. The van der Waals surface area contributed by atoms with Crippen LogP contribution >= 0.6 is 0 Å². The number of benzene rings is 2.